The number of halogens is 1. The van der Waals surface area contributed by atoms with E-state index in [4.69, 9.17) is 23.8 Å². The van der Waals surface area contributed by atoms with Gasteiger partial charge in [-0.3, -0.25) is 0 Å². The van der Waals surface area contributed by atoms with Crippen LogP contribution in [0.2, 0.25) is 5.02 Å². The number of hydrogen-bond acceptors (Lipinski definition) is 6. The first-order chi connectivity index (χ1) is 18.5. The first kappa shape index (κ1) is 25.4. The van der Waals surface area contributed by atoms with Gasteiger partial charge in [-0.05, 0) is 61.7 Å². The Hall–Kier alpha value is -2.83. The normalized spacial score (nSPS) is 18.3. The van der Waals surface area contributed by atoms with E-state index in [1.54, 1.807) is 6.33 Å². The number of nitrogens with zero attached hydrogens (tertiary/aromatic N) is 6. The molecule has 2 saturated heterocycles. The van der Waals surface area contributed by atoms with Gasteiger partial charge < -0.3 is 25.0 Å². The van der Waals surface area contributed by atoms with Crippen LogP contribution in [0, 0.1) is 0 Å². The molecule has 2 aliphatic rings. The van der Waals surface area contributed by atoms with Crippen molar-refractivity contribution in [2.45, 2.75) is 4.90 Å². The molecule has 0 bridgehead atoms. The highest BCUT2D eigenvalue weighted by molar-refractivity contribution is 7.82. The van der Waals surface area contributed by atoms with Crippen LogP contribution in [-0.4, -0.2) is 97.8 Å². The molecular weight excluding hydrogens is 540 g/mol. The van der Waals surface area contributed by atoms with Crippen LogP contribution in [-0.2, 0) is 11.0 Å². The number of benzene rings is 2. The monoisotopic (exact) mass is 568 g/mol. The molecule has 1 unspecified atom stereocenters. The molecule has 2 aromatic heterocycles. The van der Waals surface area contributed by atoms with E-state index in [9.17, 15) is 4.21 Å². The summed E-state index contributed by atoms with van der Waals surface area (Å²) in [6, 6.07) is 13.6. The minimum absolute atomic E-state index is 0.685. The number of rotatable bonds is 4. The molecule has 6 rings (SSSR count). The smallest absolute Gasteiger partial charge is 0.173 e. The van der Waals surface area contributed by atoms with Crippen molar-refractivity contribution in [1.82, 2.24) is 29.1 Å². The first-order valence-electron chi connectivity index (χ1n) is 12.6. The van der Waals surface area contributed by atoms with Gasteiger partial charge in [0, 0.05) is 74.0 Å². The number of H-pyrrole nitrogens is 1. The first-order valence-corrected chi connectivity index (χ1v) is 14.5. The van der Waals surface area contributed by atoms with Gasteiger partial charge in [-0.1, -0.05) is 11.6 Å². The molecule has 0 amide bonds. The number of hydrogen-bond donors (Lipinski definition) is 2. The van der Waals surface area contributed by atoms with Crippen LogP contribution < -0.4 is 10.2 Å². The van der Waals surface area contributed by atoms with Gasteiger partial charge in [-0.15, -0.1) is 0 Å². The van der Waals surface area contributed by atoms with E-state index in [0.717, 1.165) is 90.7 Å². The molecule has 2 aromatic carbocycles. The predicted molar refractivity (Wildman–Crippen MR) is 158 cm³/mol. The number of aromatic nitrogens is 3. The van der Waals surface area contributed by atoms with Gasteiger partial charge in [0.2, 0.25) is 0 Å². The highest BCUT2D eigenvalue weighted by Crippen LogP contribution is 2.33. The van der Waals surface area contributed by atoms with Crippen molar-refractivity contribution < 1.29 is 4.21 Å². The zero-order valence-electron chi connectivity index (χ0n) is 21.1. The minimum Gasteiger partial charge on any atom is -0.352 e. The summed E-state index contributed by atoms with van der Waals surface area (Å²) < 4.78 is 15.0. The zero-order chi connectivity index (χ0) is 26.2. The maximum absolute atomic E-state index is 12.9. The van der Waals surface area contributed by atoms with Crippen LogP contribution in [0.25, 0.3) is 21.9 Å². The number of nitrogens with one attached hydrogen (secondary N) is 2. The number of aromatic amines is 1. The Morgan fingerprint density at radius 2 is 1.74 bits per heavy atom. The van der Waals surface area contributed by atoms with E-state index in [1.165, 1.54) is 0 Å². The van der Waals surface area contributed by atoms with Crippen LogP contribution >= 0.6 is 23.8 Å². The lowest BCUT2D eigenvalue weighted by atomic mass is 10.2. The Bertz CT molecular complexity index is 1490. The minimum atomic E-state index is -1.14. The van der Waals surface area contributed by atoms with E-state index in [0.29, 0.717) is 10.1 Å². The third-order valence-electron chi connectivity index (χ3n) is 7.20. The number of anilines is 2. The third-order valence-corrected chi connectivity index (χ3v) is 9.31. The second kappa shape index (κ2) is 10.7. The second-order valence-corrected chi connectivity index (χ2v) is 12.0. The zero-order valence-corrected chi connectivity index (χ0v) is 23.5. The molecule has 4 heterocycles. The van der Waals surface area contributed by atoms with Crippen molar-refractivity contribution >= 4 is 73.4 Å². The number of fused-ring (bicyclic) bond motifs is 3. The summed E-state index contributed by atoms with van der Waals surface area (Å²) in [4.78, 5) is 20.0. The Morgan fingerprint density at radius 1 is 1.00 bits per heavy atom. The lowest BCUT2D eigenvalue weighted by molar-refractivity contribution is 0.228. The van der Waals surface area contributed by atoms with Gasteiger partial charge in [-0.25, -0.2) is 18.5 Å². The average Bonchev–Trinajstić information content (AvgIpc) is 3.31. The quantitative estimate of drug-likeness (QED) is 0.362. The van der Waals surface area contributed by atoms with Gasteiger partial charge in [0.25, 0.3) is 0 Å². The molecule has 1 atom stereocenters. The van der Waals surface area contributed by atoms with Crippen LogP contribution in [0.1, 0.15) is 0 Å². The van der Waals surface area contributed by atoms with Crippen molar-refractivity contribution in [2.24, 2.45) is 0 Å². The standard InChI is InChI=1S/C26H29ClN8OS2/c1-32-8-14-35(15-9-32)38(36)20-5-3-19(4-6-20)30-26(37)34-12-10-33(11-13-34)25-23-21-16-18(27)2-7-22(21)31-24(23)28-17-29-25/h2-7,16-17H,8-15H2,1H3,(H,30,37)(H,28,29,31). The van der Waals surface area contributed by atoms with Crippen molar-refractivity contribution in [1.29, 1.82) is 0 Å². The number of piperazine rings is 2. The van der Waals surface area contributed by atoms with E-state index in [-0.39, 0.29) is 0 Å². The van der Waals surface area contributed by atoms with Crippen molar-refractivity contribution in [2.75, 3.05) is 69.6 Å². The van der Waals surface area contributed by atoms with E-state index < -0.39 is 11.0 Å². The molecule has 2 aliphatic heterocycles. The van der Waals surface area contributed by atoms with E-state index in [1.807, 2.05) is 46.8 Å². The summed E-state index contributed by atoms with van der Waals surface area (Å²) in [5.41, 5.74) is 2.70. The molecule has 0 spiro atoms. The lowest BCUT2D eigenvalue weighted by Gasteiger charge is -2.37. The maximum atomic E-state index is 12.9. The van der Waals surface area contributed by atoms with E-state index >= 15 is 0 Å². The molecule has 2 fully saturated rings. The molecule has 198 valence electrons. The number of thiocarbonyl (C=S) groups is 1. The van der Waals surface area contributed by atoms with Gasteiger partial charge in [0.1, 0.15) is 28.8 Å². The second-order valence-electron chi connectivity index (χ2n) is 9.65. The maximum Gasteiger partial charge on any atom is 0.173 e. The molecule has 4 aromatic rings. The highest BCUT2D eigenvalue weighted by Gasteiger charge is 2.24. The van der Waals surface area contributed by atoms with Crippen molar-refractivity contribution in [3.05, 3.63) is 53.8 Å². The summed E-state index contributed by atoms with van der Waals surface area (Å²) in [6.45, 7) is 6.60. The van der Waals surface area contributed by atoms with Crippen LogP contribution in [0.3, 0.4) is 0 Å². The SMILES string of the molecule is CN1CCN(S(=O)c2ccc(NC(=S)N3CCN(c4ncnc5[nH]c6ccc(Cl)cc6c45)CC3)cc2)CC1. The van der Waals surface area contributed by atoms with E-state index in [2.05, 4.69) is 42.0 Å². The van der Waals surface area contributed by atoms with Crippen molar-refractivity contribution in [3.8, 4) is 0 Å². The van der Waals surface area contributed by atoms with Crippen LogP contribution in [0.4, 0.5) is 11.5 Å². The Labute approximate surface area is 234 Å². The summed E-state index contributed by atoms with van der Waals surface area (Å²) in [5.74, 6) is 0.908. The largest absolute Gasteiger partial charge is 0.352 e. The molecule has 9 nitrogen and oxygen atoms in total. The topological polar surface area (TPSA) is 83.6 Å². The lowest BCUT2D eigenvalue weighted by Crippen LogP contribution is -2.50. The predicted octanol–water partition coefficient (Wildman–Crippen LogP) is 3.55. The Balaban J connectivity index is 1.09. The molecule has 2 N–H and O–H groups in total. The summed E-state index contributed by atoms with van der Waals surface area (Å²) >= 11 is 12.0. The molecule has 12 heteroatoms. The Morgan fingerprint density at radius 3 is 2.47 bits per heavy atom. The number of likely N-dealkylation sites (N-methyl/N-ethyl adjacent to an activating group) is 1. The summed E-state index contributed by atoms with van der Waals surface area (Å²) in [7, 11) is 0.956. The molecule has 0 aliphatic carbocycles. The van der Waals surface area contributed by atoms with Crippen LogP contribution in [0.15, 0.2) is 53.7 Å². The molecule has 38 heavy (non-hydrogen) atoms. The van der Waals surface area contributed by atoms with Crippen molar-refractivity contribution in [3.63, 3.8) is 0 Å². The fourth-order valence-electron chi connectivity index (χ4n) is 5.00. The van der Waals surface area contributed by atoms with Gasteiger partial charge >= 0.3 is 0 Å². The highest BCUT2D eigenvalue weighted by atomic mass is 35.5. The fourth-order valence-corrected chi connectivity index (χ4v) is 6.63. The molecule has 0 saturated carbocycles. The van der Waals surface area contributed by atoms with Crippen LogP contribution in [0.5, 0.6) is 0 Å². The van der Waals surface area contributed by atoms with Gasteiger partial charge in [-0.2, -0.15) is 0 Å². The molecule has 0 radical (unpaired) electrons. The van der Waals surface area contributed by atoms with Gasteiger partial charge in [0.15, 0.2) is 5.11 Å². The van der Waals surface area contributed by atoms with Gasteiger partial charge in [0.05, 0.1) is 10.3 Å². The third kappa shape index (κ3) is 5.08. The summed E-state index contributed by atoms with van der Waals surface area (Å²) in [5, 5.41) is 6.74. The Kier molecular flexibility index (Phi) is 7.19. The summed E-state index contributed by atoms with van der Waals surface area (Å²) in [6.07, 6.45) is 1.60. The fraction of sp³-hybridized carbons (Fsp3) is 0.346. The molecular formula is C26H29ClN8OS2. The average molecular weight is 569 g/mol.